The lowest BCUT2D eigenvalue weighted by Gasteiger charge is -2.21. The number of aromatic carboxylic acids is 1. The molecule has 0 saturated heterocycles. The first-order valence-corrected chi connectivity index (χ1v) is 7.80. The van der Waals surface area contributed by atoms with Gasteiger partial charge in [-0.3, -0.25) is 0 Å². The Balaban J connectivity index is 2.56. The molecule has 0 radical (unpaired) electrons. The Morgan fingerprint density at radius 3 is 2.57 bits per heavy atom. The number of carbonyl (C=O) groups is 1. The zero-order valence-corrected chi connectivity index (χ0v) is 13.6. The van der Waals surface area contributed by atoms with E-state index < -0.39 is 5.97 Å². The molecule has 1 unspecified atom stereocenters. The van der Waals surface area contributed by atoms with Gasteiger partial charge in [0.15, 0.2) is 0 Å². The van der Waals surface area contributed by atoms with Crippen LogP contribution in [0.1, 0.15) is 49.5 Å². The second-order valence-corrected chi connectivity index (χ2v) is 5.57. The fraction of sp³-hybridized carbons (Fsp3) is 0.588. The first-order chi connectivity index (χ1) is 9.97. The number of hydrogen-bond acceptors (Lipinski definition) is 3. The third-order valence-electron chi connectivity index (χ3n) is 3.81. The van der Waals surface area contributed by atoms with Gasteiger partial charge in [0.25, 0.3) is 0 Å². The molecule has 21 heavy (non-hydrogen) atoms. The van der Waals surface area contributed by atoms with E-state index in [1.807, 2.05) is 19.1 Å². The van der Waals surface area contributed by atoms with Crippen LogP contribution in [0.15, 0.2) is 18.2 Å². The zero-order valence-electron chi connectivity index (χ0n) is 13.6. The molecule has 2 N–H and O–H groups in total. The van der Waals surface area contributed by atoms with Crippen molar-refractivity contribution in [3.63, 3.8) is 0 Å². The van der Waals surface area contributed by atoms with Crippen molar-refractivity contribution in [2.24, 2.45) is 0 Å². The number of carboxylic acids is 1. The van der Waals surface area contributed by atoms with Gasteiger partial charge in [-0.05, 0) is 64.0 Å². The second-order valence-electron chi connectivity index (χ2n) is 5.57. The molecule has 0 heterocycles. The molecule has 4 heteroatoms. The molecular weight excluding hydrogens is 264 g/mol. The maximum atomic E-state index is 11.2. The lowest BCUT2D eigenvalue weighted by molar-refractivity contribution is 0.0698. The summed E-state index contributed by atoms with van der Waals surface area (Å²) in [7, 11) is 0. The predicted octanol–water partition coefficient (Wildman–Crippen LogP) is 3.62. The molecule has 0 fully saturated rings. The standard InChI is InChI=1S/C17H28N2O2/c1-5-19(6-2)11-7-8-14(4)18-16-12-13(3)9-10-15(16)17(20)21/h9-10,12,14,18H,5-8,11H2,1-4H3,(H,20,21). The van der Waals surface area contributed by atoms with Crippen LogP contribution in [0.25, 0.3) is 0 Å². The van der Waals surface area contributed by atoms with Gasteiger partial charge >= 0.3 is 5.97 Å². The van der Waals surface area contributed by atoms with Crippen LogP contribution in [0.4, 0.5) is 5.69 Å². The molecule has 4 nitrogen and oxygen atoms in total. The molecule has 0 bridgehead atoms. The maximum absolute atomic E-state index is 11.2. The number of rotatable bonds is 9. The molecule has 0 aliphatic heterocycles. The summed E-state index contributed by atoms with van der Waals surface area (Å²) in [5.74, 6) is -0.882. The van der Waals surface area contributed by atoms with Crippen LogP contribution in [-0.4, -0.2) is 41.7 Å². The van der Waals surface area contributed by atoms with Crippen molar-refractivity contribution in [1.82, 2.24) is 4.90 Å². The largest absolute Gasteiger partial charge is 0.478 e. The van der Waals surface area contributed by atoms with Crippen LogP contribution in [0, 0.1) is 6.92 Å². The van der Waals surface area contributed by atoms with Crippen molar-refractivity contribution in [2.45, 2.75) is 46.6 Å². The summed E-state index contributed by atoms with van der Waals surface area (Å²) in [6.45, 7) is 11.7. The zero-order chi connectivity index (χ0) is 15.8. The van der Waals surface area contributed by atoms with E-state index in [-0.39, 0.29) is 6.04 Å². The number of aryl methyl sites for hydroxylation is 1. The Labute approximate surface area is 128 Å². The quantitative estimate of drug-likeness (QED) is 0.730. The highest BCUT2D eigenvalue weighted by atomic mass is 16.4. The Morgan fingerprint density at radius 2 is 2.00 bits per heavy atom. The van der Waals surface area contributed by atoms with Crippen LogP contribution in [0.3, 0.4) is 0 Å². The molecule has 0 saturated carbocycles. The Hall–Kier alpha value is -1.55. The molecule has 1 rings (SSSR count). The van der Waals surface area contributed by atoms with Gasteiger partial charge in [-0.15, -0.1) is 0 Å². The number of benzene rings is 1. The van der Waals surface area contributed by atoms with Gasteiger partial charge < -0.3 is 15.3 Å². The van der Waals surface area contributed by atoms with Crippen molar-refractivity contribution in [3.05, 3.63) is 29.3 Å². The van der Waals surface area contributed by atoms with E-state index in [0.29, 0.717) is 5.56 Å². The van der Waals surface area contributed by atoms with Crippen molar-refractivity contribution >= 4 is 11.7 Å². The van der Waals surface area contributed by atoms with Gasteiger partial charge in [-0.25, -0.2) is 4.79 Å². The van der Waals surface area contributed by atoms with E-state index >= 15 is 0 Å². The molecular formula is C17H28N2O2. The average molecular weight is 292 g/mol. The molecule has 0 amide bonds. The van der Waals surface area contributed by atoms with E-state index in [2.05, 4.69) is 31.0 Å². The van der Waals surface area contributed by atoms with Crippen LogP contribution >= 0.6 is 0 Å². The molecule has 1 atom stereocenters. The highest BCUT2D eigenvalue weighted by Crippen LogP contribution is 2.19. The molecule has 0 aliphatic rings. The van der Waals surface area contributed by atoms with E-state index in [1.165, 1.54) is 0 Å². The van der Waals surface area contributed by atoms with Gasteiger partial charge in [0.05, 0.1) is 5.56 Å². The summed E-state index contributed by atoms with van der Waals surface area (Å²) in [6.07, 6.45) is 2.15. The topological polar surface area (TPSA) is 52.6 Å². The lowest BCUT2D eigenvalue weighted by atomic mass is 10.1. The average Bonchev–Trinajstić information content (AvgIpc) is 2.43. The first-order valence-electron chi connectivity index (χ1n) is 7.80. The highest BCUT2D eigenvalue weighted by molar-refractivity contribution is 5.94. The summed E-state index contributed by atoms with van der Waals surface area (Å²) >= 11 is 0. The Morgan fingerprint density at radius 1 is 1.33 bits per heavy atom. The second kappa shape index (κ2) is 8.67. The minimum atomic E-state index is -0.882. The van der Waals surface area contributed by atoms with Crippen molar-refractivity contribution < 1.29 is 9.90 Å². The van der Waals surface area contributed by atoms with Gasteiger partial charge in [0, 0.05) is 11.7 Å². The van der Waals surface area contributed by atoms with Crippen LogP contribution in [0.5, 0.6) is 0 Å². The van der Waals surface area contributed by atoms with Gasteiger partial charge in [0.1, 0.15) is 0 Å². The summed E-state index contributed by atoms with van der Waals surface area (Å²) in [4.78, 5) is 13.7. The van der Waals surface area contributed by atoms with Gasteiger partial charge in [-0.2, -0.15) is 0 Å². The minimum absolute atomic E-state index is 0.264. The first kappa shape index (κ1) is 17.5. The number of carboxylic acid groups (broad SMARTS) is 1. The lowest BCUT2D eigenvalue weighted by Crippen LogP contribution is -2.26. The third kappa shape index (κ3) is 5.76. The highest BCUT2D eigenvalue weighted by Gasteiger charge is 2.12. The van der Waals surface area contributed by atoms with Crippen molar-refractivity contribution in [2.75, 3.05) is 25.0 Å². The van der Waals surface area contributed by atoms with E-state index in [9.17, 15) is 9.90 Å². The molecule has 0 aromatic heterocycles. The number of anilines is 1. The number of nitrogens with one attached hydrogen (secondary N) is 1. The Bertz CT molecular complexity index is 456. The fourth-order valence-corrected chi connectivity index (χ4v) is 2.46. The molecule has 1 aromatic carbocycles. The molecule has 0 aliphatic carbocycles. The van der Waals surface area contributed by atoms with Crippen LogP contribution in [0.2, 0.25) is 0 Å². The fourth-order valence-electron chi connectivity index (χ4n) is 2.46. The maximum Gasteiger partial charge on any atom is 0.337 e. The van der Waals surface area contributed by atoms with Gasteiger partial charge in [-0.1, -0.05) is 19.9 Å². The number of nitrogens with zero attached hydrogens (tertiary/aromatic N) is 1. The number of hydrogen-bond donors (Lipinski definition) is 2. The molecule has 118 valence electrons. The third-order valence-corrected chi connectivity index (χ3v) is 3.81. The van der Waals surface area contributed by atoms with Crippen LogP contribution < -0.4 is 5.32 Å². The predicted molar refractivity (Wildman–Crippen MR) is 88.2 cm³/mol. The van der Waals surface area contributed by atoms with E-state index in [0.717, 1.165) is 43.7 Å². The molecule has 0 spiro atoms. The summed E-state index contributed by atoms with van der Waals surface area (Å²) in [5, 5.41) is 12.6. The normalized spacial score (nSPS) is 12.4. The smallest absolute Gasteiger partial charge is 0.337 e. The summed E-state index contributed by atoms with van der Waals surface area (Å²) < 4.78 is 0. The summed E-state index contributed by atoms with van der Waals surface area (Å²) in [5.41, 5.74) is 2.13. The van der Waals surface area contributed by atoms with Crippen LogP contribution in [-0.2, 0) is 0 Å². The van der Waals surface area contributed by atoms with E-state index in [1.54, 1.807) is 6.07 Å². The SMILES string of the molecule is CCN(CC)CCCC(C)Nc1cc(C)ccc1C(=O)O. The summed E-state index contributed by atoms with van der Waals surface area (Å²) in [6, 6.07) is 5.67. The molecule has 1 aromatic rings. The van der Waals surface area contributed by atoms with Gasteiger partial charge in [0.2, 0.25) is 0 Å². The van der Waals surface area contributed by atoms with Crippen molar-refractivity contribution in [3.8, 4) is 0 Å². The Kier molecular flexibility index (Phi) is 7.23. The minimum Gasteiger partial charge on any atom is -0.478 e. The van der Waals surface area contributed by atoms with Crippen molar-refractivity contribution in [1.29, 1.82) is 0 Å². The van der Waals surface area contributed by atoms with E-state index in [4.69, 9.17) is 0 Å². The monoisotopic (exact) mass is 292 g/mol.